The minimum absolute atomic E-state index is 0.313. The maximum atomic E-state index is 11.0. The first-order valence-electron chi connectivity index (χ1n) is 8.40. The number of rotatable bonds is 12. The van der Waals surface area contributed by atoms with Gasteiger partial charge in [-0.25, -0.2) is 0 Å². The van der Waals surface area contributed by atoms with Crippen LogP contribution >= 0.6 is 0 Å². The number of allylic oxidation sites excluding steroid dienone is 5. The molecular weight excluding hydrogens is 316 g/mol. The minimum atomic E-state index is -0.730. The van der Waals surface area contributed by atoms with Crippen LogP contribution in [0.2, 0.25) is 0 Å². The van der Waals surface area contributed by atoms with Gasteiger partial charge >= 0.3 is 0 Å². The number of primary amides is 1. The summed E-state index contributed by atoms with van der Waals surface area (Å²) >= 11 is 0. The standard InChI is InChI=1S/C20H28N2O3/c1-3-5-7-16(4-2)8-6-13-25-18-11-9-17(10-12-18)14-22-19(15-23)20(21)24/h3-5,7,9-12,19,22-23H,1,6,8,13-15H2,2H3,(H2,21,24)/b7-5-,16-4+. The smallest absolute Gasteiger partial charge is 0.236 e. The molecule has 1 atom stereocenters. The van der Waals surface area contributed by atoms with Gasteiger partial charge in [-0.1, -0.05) is 48.6 Å². The number of aliphatic hydroxyl groups excluding tert-OH is 1. The normalized spacial score (nSPS) is 13.0. The van der Waals surface area contributed by atoms with Crippen LogP contribution in [0.15, 0.2) is 60.7 Å². The number of nitrogens with one attached hydrogen (secondary N) is 1. The van der Waals surface area contributed by atoms with Gasteiger partial charge in [-0.3, -0.25) is 10.1 Å². The molecule has 0 aliphatic heterocycles. The number of hydrogen-bond acceptors (Lipinski definition) is 4. The number of ether oxygens (including phenoxy) is 1. The van der Waals surface area contributed by atoms with Crippen molar-refractivity contribution in [2.24, 2.45) is 5.73 Å². The van der Waals surface area contributed by atoms with Crippen LogP contribution in [0.1, 0.15) is 25.3 Å². The second kappa shape index (κ2) is 12.1. The largest absolute Gasteiger partial charge is 0.494 e. The van der Waals surface area contributed by atoms with Crippen molar-refractivity contribution in [2.45, 2.75) is 32.4 Å². The van der Waals surface area contributed by atoms with Crippen LogP contribution in [0.5, 0.6) is 5.75 Å². The van der Waals surface area contributed by atoms with Gasteiger partial charge < -0.3 is 15.6 Å². The van der Waals surface area contributed by atoms with E-state index in [0.29, 0.717) is 13.2 Å². The summed E-state index contributed by atoms with van der Waals surface area (Å²) in [6, 6.07) is 6.89. The average molecular weight is 344 g/mol. The highest BCUT2D eigenvalue weighted by Gasteiger charge is 2.12. The summed E-state index contributed by atoms with van der Waals surface area (Å²) in [6.45, 7) is 6.48. The van der Waals surface area contributed by atoms with E-state index in [2.05, 4.69) is 24.0 Å². The Kier molecular flexibility index (Phi) is 9.97. The van der Waals surface area contributed by atoms with Crippen molar-refractivity contribution in [1.82, 2.24) is 5.32 Å². The zero-order chi connectivity index (χ0) is 18.5. The molecule has 5 nitrogen and oxygen atoms in total. The van der Waals surface area contributed by atoms with Crippen LogP contribution in [0, 0.1) is 0 Å². The van der Waals surface area contributed by atoms with Crippen molar-refractivity contribution in [1.29, 1.82) is 0 Å². The van der Waals surface area contributed by atoms with Gasteiger partial charge in [0.25, 0.3) is 0 Å². The molecule has 1 unspecified atom stereocenters. The minimum Gasteiger partial charge on any atom is -0.494 e. The Morgan fingerprint density at radius 3 is 2.68 bits per heavy atom. The van der Waals surface area contributed by atoms with Crippen molar-refractivity contribution in [2.75, 3.05) is 13.2 Å². The summed E-state index contributed by atoms with van der Waals surface area (Å²) in [5, 5.41) is 12.0. The molecule has 1 aromatic carbocycles. The van der Waals surface area contributed by atoms with Gasteiger partial charge in [-0.15, -0.1) is 0 Å². The number of carbonyl (C=O) groups is 1. The van der Waals surface area contributed by atoms with Gasteiger partial charge in [0, 0.05) is 6.54 Å². The molecule has 0 aliphatic carbocycles. The fraction of sp³-hybridized carbons (Fsp3) is 0.350. The number of aliphatic hydroxyl groups is 1. The molecule has 0 fully saturated rings. The lowest BCUT2D eigenvalue weighted by Gasteiger charge is -2.13. The summed E-state index contributed by atoms with van der Waals surface area (Å²) in [5.74, 6) is 0.243. The highest BCUT2D eigenvalue weighted by molar-refractivity contribution is 5.79. The zero-order valence-electron chi connectivity index (χ0n) is 14.8. The Labute approximate surface area is 149 Å². The third-order valence-corrected chi connectivity index (χ3v) is 3.70. The van der Waals surface area contributed by atoms with E-state index in [1.165, 1.54) is 5.57 Å². The second-order valence-electron chi connectivity index (χ2n) is 5.57. The molecule has 0 heterocycles. The molecule has 4 N–H and O–H groups in total. The van der Waals surface area contributed by atoms with Gasteiger partial charge in [-0.05, 0) is 37.5 Å². The van der Waals surface area contributed by atoms with E-state index in [9.17, 15) is 4.79 Å². The number of nitrogens with two attached hydrogens (primary N) is 1. The molecule has 0 radical (unpaired) electrons. The third kappa shape index (κ3) is 8.33. The Morgan fingerprint density at radius 1 is 1.40 bits per heavy atom. The highest BCUT2D eigenvalue weighted by Crippen LogP contribution is 2.14. The molecule has 0 aromatic heterocycles. The molecular formula is C20H28N2O3. The number of amides is 1. The van der Waals surface area contributed by atoms with E-state index in [0.717, 1.165) is 24.2 Å². The lowest BCUT2D eigenvalue weighted by Crippen LogP contribution is -2.43. The summed E-state index contributed by atoms with van der Waals surface area (Å²) in [4.78, 5) is 11.0. The first-order valence-corrected chi connectivity index (χ1v) is 8.40. The van der Waals surface area contributed by atoms with Crippen LogP contribution in [-0.2, 0) is 11.3 Å². The van der Waals surface area contributed by atoms with E-state index in [1.807, 2.05) is 37.3 Å². The first-order chi connectivity index (χ1) is 12.1. The molecule has 1 aromatic rings. The predicted molar refractivity (Wildman–Crippen MR) is 101 cm³/mol. The third-order valence-electron chi connectivity index (χ3n) is 3.70. The van der Waals surface area contributed by atoms with E-state index in [4.69, 9.17) is 15.6 Å². The fourth-order valence-corrected chi connectivity index (χ4v) is 2.18. The summed E-state index contributed by atoms with van der Waals surface area (Å²) < 4.78 is 5.74. The van der Waals surface area contributed by atoms with Gasteiger partial charge in [0.15, 0.2) is 0 Å². The molecule has 1 amide bonds. The molecule has 0 saturated heterocycles. The molecule has 0 aliphatic rings. The molecule has 5 heteroatoms. The molecule has 1 rings (SSSR count). The number of benzene rings is 1. The van der Waals surface area contributed by atoms with Gasteiger partial charge in [0.1, 0.15) is 11.8 Å². The Balaban J connectivity index is 2.36. The Bertz CT molecular complexity index is 591. The maximum absolute atomic E-state index is 11.0. The second-order valence-corrected chi connectivity index (χ2v) is 5.57. The van der Waals surface area contributed by atoms with Crippen molar-refractivity contribution < 1.29 is 14.6 Å². The van der Waals surface area contributed by atoms with Crippen molar-refractivity contribution in [3.8, 4) is 5.75 Å². The van der Waals surface area contributed by atoms with Gasteiger partial charge in [-0.2, -0.15) is 0 Å². The van der Waals surface area contributed by atoms with E-state index < -0.39 is 11.9 Å². The van der Waals surface area contributed by atoms with Crippen molar-refractivity contribution in [3.05, 3.63) is 66.3 Å². The Hall–Kier alpha value is -2.37. The van der Waals surface area contributed by atoms with Crippen LogP contribution in [-0.4, -0.2) is 30.3 Å². The number of hydrogen-bond donors (Lipinski definition) is 3. The SMILES string of the molecule is C=C/C=C\C(=C/C)CCCOc1ccc(CNC(CO)C(N)=O)cc1. The van der Waals surface area contributed by atoms with E-state index in [-0.39, 0.29) is 6.61 Å². The van der Waals surface area contributed by atoms with Gasteiger partial charge in [0.05, 0.1) is 13.2 Å². The van der Waals surface area contributed by atoms with Crippen LogP contribution in [0.4, 0.5) is 0 Å². The van der Waals surface area contributed by atoms with Crippen molar-refractivity contribution in [3.63, 3.8) is 0 Å². The van der Waals surface area contributed by atoms with Crippen molar-refractivity contribution >= 4 is 5.91 Å². The first kappa shape index (κ1) is 20.7. The fourth-order valence-electron chi connectivity index (χ4n) is 2.18. The van der Waals surface area contributed by atoms with E-state index >= 15 is 0 Å². The molecule has 0 saturated carbocycles. The summed E-state index contributed by atoms with van der Waals surface area (Å²) in [5.41, 5.74) is 7.41. The average Bonchev–Trinajstić information content (AvgIpc) is 2.62. The summed E-state index contributed by atoms with van der Waals surface area (Å²) in [7, 11) is 0. The monoisotopic (exact) mass is 344 g/mol. The number of carbonyl (C=O) groups excluding carboxylic acids is 1. The predicted octanol–water partition coefficient (Wildman–Crippen LogP) is 2.47. The van der Waals surface area contributed by atoms with E-state index in [1.54, 1.807) is 6.08 Å². The lowest BCUT2D eigenvalue weighted by atomic mass is 10.1. The zero-order valence-corrected chi connectivity index (χ0v) is 14.8. The Morgan fingerprint density at radius 2 is 2.12 bits per heavy atom. The maximum Gasteiger partial charge on any atom is 0.236 e. The molecule has 25 heavy (non-hydrogen) atoms. The van der Waals surface area contributed by atoms with Crippen LogP contribution in [0.25, 0.3) is 0 Å². The van der Waals surface area contributed by atoms with Crippen LogP contribution in [0.3, 0.4) is 0 Å². The lowest BCUT2D eigenvalue weighted by molar-refractivity contribution is -0.120. The quantitative estimate of drug-likeness (QED) is 0.402. The highest BCUT2D eigenvalue weighted by atomic mass is 16.5. The summed E-state index contributed by atoms with van der Waals surface area (Å²) in [6.07, 6.45) is 9.74. The van der Waals surface area contributed by atoms with Crippen LogP contribution < -0.4 is 15.8 Å². The molecule has 136 valence electrons. The molecule has 0 bridgehead atoms. The topological polar surface area (TPSA) is 84.6 Å². The molecule has 0 spiro atoms. The van der Waals surface area contributed by atoms with Gasteiger partial charge in [0.2, 0.25) is 5.91 Å².